The highest BCUT2D eigenvalue weighted by molar-refractivity contribution is 5.71. The Morgan fingerprint density at radius 1 is 1.33 bits per heavy atom. The summed E-state index contributed by atoms with van der Waals surface area (Å²) in [5, 5.41) is 9.30. The minimum absolute atomic E-state index is 0.0905. The summed E-state index contributed by atoms with van der Waals surface area (Å²) < 4.78 is 0. The topological polar surface area (TPSA) is 55.8 Å². The quantitative estimate of drug-likeness (QED) is 0.511. The van der Waals surface area contributed by atoms with E-state index in [0.717, 1.165) is 25.7 Å². The van der Waals surface area contributed by atoms with Crippen molar-refractivity contribution in [3.63, 3.8) is 0 Å². The first-order valence-electron chi connectivity index (χ1n) is 6.90. The number of carbonyl (C=O) groups excluding carboxylic acids is 1. The van der Waals surface area contributed by atoms with Crippen molar-refractivity contribution in [1.29, 1.82) is 0 Å². The Hall–Kier alpha value is -0.610. The van der Waals surface area contributed by atoms with Gasteiger partial charge in [0.25, 0.3) is 0 Å². The molecular weight excluding hydrogens is 232 g/mol. The first kappa shape index (κ1) is 17.4. The Morgan fingerprint density at radius 2 is 1.94 bits per heavy atom. The molecule has 0 saturated heterocycles. The summed E-state index contributed by atoms with van der Waals surface area (Å²) in [5.74, 6) is -0.392. The summed E-state index contributed by atoms with van der Waals surface area (Å²) >= 11 is 0. The van der Waals surface area contributed by atoms with Crippen molar-refractivity contribution < 1.29 is 19.7 Å². The van der Waals surface area contributed by atoms with Crippen LogP contribution in [0.25, 0.3) is 0 Å². The summed E-state index contributed by atoms with van der Waals surface area (Å²) in [4.78, 5) is 21.9. The van der Waals surface area contributed by atoms with Crippen LogP contribution in [-0.2, 0) is 14.6 Å². The number of hydrogen-bond acceptors (Lipinski definition) is 4. The lowest BCUT2D eigenvalue weighted by Gasteiger charge is -2.25. The van der Waals surface area contributed by atoms with Gasteiger partial charge in [-0.25, -0.2) is 4.79 Å². The van der Waals surface area contributed by atoms with Gasteiger partial charge in [0.2, 0.25) is 0 Å². The SMILES string of the molecule is CCCC[C@@H](CC)C(=O)OOC(C)(C)C[C@@H](C)O. The molecule has 0 aliphatic heterocycles. The molecule has 2 atom stereocenters. The maximum atomic E-state index is 11.8. The van der Waals surface area contributed by atoms with Gasteiger partial charge in [-0.1, -0.05) is 26.7 Å². The predicted octanol–water partition coefficient (Wildman–Crippen LogP) is 3.23. The number of carbonyl (C=O) groups is 1. The molecule has 4 heteroatoms. The third-order valence-electron chi connectivity index (χ3n) is 2.87. The van der Waals surface area contributed by atoms with Crippen LogP contribution in [0.4, 0.5) is 0 Å². The van der Waals surface area contributed by atoms with Gasteiger partial charge in [0, 0.05) is 6.42 Å². The number of aliphatic hydroxyl groups is 1. The van der Waals surface area contributed by atoms with Crippen LogP contribution in [0.15, 0.2) is 0 Å². The summed E-state index contributed by atoms with van der Waals surface area (Å²) in [7, 11) is 0. The highest BCUT2D eigenvalue weighted by Gasteiger charge is 2.26. The molecular formula is C14H28O4. The molecule has 0 aliphatic rings. The van der Waals surface area contributed by atoms with Crippen molar-refractivity contribution >= 4 is 5.97 Å². The molecule has 0 saturated carbocycles. The van der Waals surface area contributed by atoms with Gasteiger partial charge >= 0.3 is 5.97 Å². The van der Waals surface area contributed by atoms with Gasteiger partial charge in [-0.2, -0.15) is 4.89 Å². The second-order valence-corrected chi connectivity index (χ2v) is 5.55. The van der Waals surface area contributed by atoms with E-state index in [9.17, 15) is 9.90 Å². The van der Waals surface area contributed by atoms with E-state index in [4.69, 9.17) is 9.78 Å². The van der Waals surface area contributed by atoms with Crippen LogP contribution in [0.1, 0.15) is 66.7 Å². The molecule has 0 heterocycles. The van der Waals surface area contributed by atoms with E-state index in [0.29, 0.717) is 6.42 Å². The van der Waals surface area contributed by atoms with Crippen molar-refractivity contribution in [3.05, 3.63) is 0 Å². The van der Waals surface area contributed by atoms with Crippen LogP contribution in [-0.4, -0.2) is 22.8 Å². The maximum absolute atomic E-state index is 11.8. The molecule has 0 fully saturated rings. The molecule has 4 nitrogen and oxygen atoms in total. The summed E-state index contributed by atoms with van der Waals surface area (Å²) in [6, 6.07) is 0. The lowest BCUT2D eigenvalue weighted by Crippen LogP contribution is -2.31. The molecule has 0 spiro atoms. The van der Waals surface area contributed by atoms with E-state index >= 15 is 0 Å². The van der Waals surface area contributed by atoms with Crippen LogP contribution < -0.4 is 0 Å². The van der Waals surface area contributed by atoms with Crippen LogP contribution in [0.3, 0.4) is 0 Å². The van der Waals surface area contributed by atoms with E-state index in [1.165, 1.54) is 0 Å². The van der Waals surface area contributed by atoms with Gasteiger partial charge in [0.15, 0.2) is 0 Å². The van der Waals surface area contributed by atoms with E-state index in [1.807, 2.05) is 6.92 Å². The van der Waals surface area contributed by atoms with Crippen LogP contribution in [0.2, 0.25) is 0 Å². The second-order valence-electron chi connectivity index (χ2n) is 5.55. The Morgan fingerprint density at radius 3 is 2.39 bits per heavy atom. The first-order chi connectivity index (χ1) is 8.32. The highest BCUT2D eigenvalue weighted by Crippen LogP contribution is 2.20. The minimum atomic E-state index is -0.660. The molecule has 0 aromatic heterocycles. The van der Waals surface area contributed by atoms with Gasteiger partial charge in [-0.3, -0.25) is 4.89 Å². The molecule has 0 amide bonds. The molecule has 0 radical (unpaired) electrons. The normalized spacial score (nSPS) is 15.2. The molecule has 18 heavy (non-hydrogen) atoms. The molecule has 0 bridgehead atoms. The zero-order valence-corrected chi connectivity index (χ0v) is 12.4. The van der Waals surface area contributed by atoms with Gasteiger partial charge in [0.1, 0.15) is 5.60 Å². The van der Waals surface area contributed by atoms with E-state index in [2.05, 4.69) is 6.92 Å². The van der Waals surface area contributed by atoms with Crippen molar-refractivity contribution in [3.8, 4) is 0 Å². The van der Waals surface area contributed by atoms with Gasteiger partial charge in [0.05, 0.1) is 12.0 Å². The number of unbranched alkanes of at least 4 members (excludes halogenated alkanes) is 1. The van der Waals surface area contributed by atoms with Crippen molar-refractivity contribution in [2.24, 2.45) is 5.92 Å². The van der Waals surface area contributed by atoms with Crippen molar-refractivity contribution in [2.45, 2.75) is 78.4 Å². The maximum Gasteiger partial charge on any atom is 0.345 e. The van der Waals surface area contributed by atoms with Crippen LogP contribution in [0, 0.1) is 5.92 Å². The van der Waals surface area contributed by atoms with Gasteiger partial charge < -0.3 is 5.11 Å². The fourth-order valence-corrected chi connectivity index (χ4v) is 1.91. The average molecular weight is 260 g/mol. The summed E-state index contributed by atoms with van der Waals surface area (Å²) in [6.45, 7) is 9.34. The Kier molecular flexibility index (Phi) is 8.20. The molecule has 108 valence electrons. The van der Waals surface area contributed by atoms with E-state index in [-0.39, 0.29) is 11.9 Å². The number of rotatable bonds is 9. The number of hydrogen-bond donors (Lipinski definition) is 1. The van der Waals surface area contributed by atoms with Crippen LogP contribution in [0.5, 0.6) is 0 Å². The second kappa shape index (κ2) is 8.48. The zero-order chi connectivity index (χ0) is 14.2. The highest BCUT2D eigenvalue weighted by atomic mass is 17.2. The minimum Gasteiger partial charge on any atom is -0.393 e. The molecule has 0 unspecified atom stereocenters. The number of aliphatic hydroxyl groups excluding tert-OH is 1. The fourth-order valence-electron chi connectivity index (χ4n) is 1.91. The van der Waals surface area contributed by atoms with Crippen molar-refractivity contribution in [2.75, 3.05) is 0 Å². The lowest BCUT2D eigenvalue weighted by molar-refractivity contribution is -0.331. The summed E-state index contributed by atoms with van der Waals surface area (Å²) in [5.41, 5.74) is -0.660. The standard InChI is InChI=1S/C14H28O4/c1-6-8-9-12(7-2)13(16)17-18-14(4,5)10-11(3)15/h11-12,15H,6-10H2,1-5H3/t11-,12-/m1/s1. The molecule has 0 aromatic rings. The largest absolute Gasteiger partial charge is 0.393 e. The van der Waals surface area contributed by atoms with Crippen LogP contribution >= 0.6 is 0 Å². The van der Waals surface area contributed by atoms with E-state index in [1.54, 1.807) is 20.8 Å². The smallest absolute Gasteiger partial charge is 0.345 e. The third kappa shape index (κ3) is 7.67. The monoisotopic (exact) mass is 260 g/mol. The molecule has 1 N–H and O–H groups in total. The van der Waals surface area contributed by atoms with Crippen molar-refractivity contribution in [1.82, 2.24) is 0 Å². The van der Waals surface area contributed by atoms with Gasteiger partial charge in [-0.15, -0.1) is 0 Å². The molecule has 0 aromatic carbocycles. The van der Waals surface area contributed by atoms with Gasteiger partial charge in [-0.05, 0) is 33.6 Å². The Balaban J connectivity index is 4.13. The predicted molar refractivity (Wildman–Crippen MR) is 70.9 cm³/mol. The average Bonchev–Trinajstić information content (AvgIpc) is 2.26. The van der Waals surface area contributed by atoms with E-state index < -0.39 is 11.7 Å². The zero-order valence-electron chi connectivity index (χ0n) is 12.4. The Bertz CT molecular complexity index is 236. The fraction of sp³-hybridized carbons (Fsp3) is 0.929. The summed E-state index contributed by atoms with van der Waals surface area (Å²) in [6.07, 6.45) is 3.63. The Labute approximate surface area is 111 Å². The first-order valence-corrected chi connectivity index (χ1v) is 6.90. The lowest BCUT2D eigenvalue weighted by atomic mass is 10.00. The molecule has 0 rings (SSSR count). The third-order valence-corrected chi connectivity index (χ3v) is 2.87. The molecule has 0 aliphatic carbocycles.